The van der Waals surface area contributed by atoms with E-state index in [1.165, 1.54) is 17.7 Å². The summed E-state index contributed by atoms with van der Waals surface area (Å²) in [5.74, 6) is 0.235. The van der Waals surface area contributed by atoms with Crippen LogP contribution in [0, 0.1) is 12.8 Å². The summed E-state index contributed by atoms with van der Waals surface area (Å²) in [5, 5.41) is 0. The van der Waals surface area contributed by atoms with Gasteiger partial charge in [-0.3, -0.25) is 9.59 Å². The second kappa shape index (κ2) is 6.70. The number of benzene rings is 1. The van der Waals surface area contributed by atoms with Crippen LogP contribution < -0.4 is 4.90 Å². The Morgan fingerprint density at radius 2 is 1.88 bits per heavy atom. The van der Waals surface area contributed by atoms with Crippen molar-refractivity contribution < 1.29 is 9.59 Å². The maximum atomic E-state index is 12.8. The molecule has 0 bridgehead atoms. The molecule has 2 saturated heterocycles. The van der Waals surface area contributed by atoms with Crippen LogP contribution in [0.15, 0.2) is 24.3 Å². The standard InChI is InChI=1S/C20H27N3O2/c1-15-4-2-7-18(12-15)21-8-10-22(11-9-21)20(25)16-13-19(24)23(14-16)17-5-3-6-17/h2,4,7,12,16-17H,3,5-6,8-11,13-14H2,1H3. The van der Waals surface area contributed by atoms with Gasteiger partial charge in [0.25, 0.3) is 0 Å². The number of rotatable bonds is 3. The minimum Gasteiger partial charge on any atom is -0.368 e. The zero-order valence-electron chi connectivity index (χ0n) is 15.0. The first kappa shape index (κ1) is 16.4. The van der Waals surface area contributed by atoms with Crippen molar-refractivity contribution in [3.63, 3.8) is 0 Å². The van der Waals surface area contributed by atoms with Gasteiger partial charge in [-0.2, -0.15) is 0 Å². The van der Waals surface area contributed by atoms with Crippen molar-refractivity contribution >= 4 is 17.5 Å². The van der Waals surface area contributed by atoms with Crippen LogP contribution in [-0.4, -0.2) is 60.4 Å². The van der Waals surface area contributed by atoms with Crippen LogP contribution in [0.1, 0.15) is 31.2 Å². The number of amides is 2. The van der Waals surface area contributed by atoms with Crippen molar-refractivity contribution in [3.05, 3.63) is 29.8 Å². The van der Waals surface area contributed by atoms with Gasteiger partial charge in [0.05, 0.1) is 5.92 Å². The van der Waals surface area contributed by atoms with E-state index in [0.717, 1.165) is 39.0 Å². The fourth-order valence-electron chi connectivity index (χ4n) is 4.22. The molecule has 0 N–H and O–H groups in total. The van der Waals surface area contributed by atoms with E-state index in [2.05, 4.69) is 36.1 Å². The number of nitrogens with zero attached hydrogens (tertiary/aromatic N) is 3. The van der Waals surface area contributed by atoms with Crippen molar-refractivity contribution in [2.24, 2.45) is 5.92 Å². The Morgan fingerprint density at radius 3 is 2.52 bits per heavy atom. The predicted molar refractivity (Wildman–Crippen MR) is 97.4 cm³/mol. The van der Waals surface area contributed by atoms with Gasteiger partial charge in [0, 0.05) is 50.9 Å². The zero-order chi connectivity index (χ0) is 17.4. The molecule has 1 saturated carbocycles. The molecule has 5 heteroatoms. The summed E-state index contributed by atoms with van der Waals surface area (Å²) in [6.07, 6.45) is 3.85. The minimum atomic E-state index is -0.126. The molecule has 134 valence electrons. The minimum absolute atomic E-state index is 0.126. The van der Waals surface area contributed by atoms with Gasteiger partial charge >= 0.3 is 0 Å². The zero-order valence-corrected chi connectivity index (χ0v) is 15.0. The molecule has 25 heavy (non-hydrogen) atoms. The van der Waals surface area contributed by atoms with E-state index >= 15 is 0 Å². The van der Waals surface area contributed by atoms with Gasteiger partial charge in [-0.1, -0.05) is 12.1 Å². The lowest BCUT2D eigenvalue weighted by Crippen LogP contribution is -2.51. The normalized spacial score (nSPS) is 24.6. The Hall–Kier alpha value is -2.04. The Labute approximate surface area is 149 Å². The Balaban J connectivity index is 1.33. The number of hydrogen-bond acceptors (Lipinski definition) is 3. The molecule has 0 spiro atoms. The van der Waals surface area contributed by atoms with Gasteiger partial charge in [-0.25, -0.2) is 0 Å². The molecule has 0 aromatic heterocycles. The fraction of sp³-hybridized carbons (Fsp3) is 0.600. The lowest BCUT2D eigenvalue weighted by molar-refractivity contribution is -0.136. The molecule has 2 heterocycles. The van der Waals surface area contributed by atoms with Crippen molar-refractivity contribution in [1.82, 2.24) is 9.80 Å². The molecule has 5 nitrogen and oxygen atoms in total. The fourth-order valence-corrected chi connectivity index (χ4v) is 4.22. The number of carbonyl (C=O) groups excluding carboxylic acids is 2. The molecular formula is C20H27N3O2. The first-order valence-corrected chi connectivity index (χ1v) is 9.51. The molecule has 4 rings (SSSR count). The number of carbonyl (C=O) groups is 2. The molecule has 3 fully saturated rings. The monoisotopic (exact) mass is 341 g/mol. The number of piperazine rings is 1. The molecule has 2 amide bonds. The van der Waals surface area contributed by atoms with E-state index in [1.807, 2.05) is 9.80 Å². The van der Waals surface area contributed by atoms with Crippen LogP contribution in [0.4, 0.5) is 5.69 Å². The third-order valence-corrected chi connectivity index (χ3v) is 5.98. The third kappa shape index (κ3) is 3.24. The van der Waals surface area contributed by atoms with Crippen molar-refractivity contribution in [3.8, 4) is 0 Å². The quantitative estimate of drug-likeness (QED) is 0.845. The Morgan fingerprint density at radius 1 is 1.12 bits per heavy atom. The average Bonchev–Trinajstić information content (AvgIpc) is 2.94. The lowest BCUT2D eigenvalue weighted by atomic mass is 9.92. The molecule has 3 aliphatic rings. The van der Waals surface area contributed by atoms with Crippen molar-refractivity contribution in [2.45, 2.75) is 38.6 Å². The lowest BCUT2D eigenvalue weighted by Gasteiger charge is -2.38. The summed E-state index contributed by atoms with van der Waals surface area (Å²) in [6.45, 7) is 5.97. The highest BCUT2D eigenvalue weighted by Gasteiger charge is 2.41. The smallest absolute Gasteiger partial charge is 0.228 e. The van der Waals surface area contributed by atoms with Gasteiger partial charge in [-0.05, 0) is 43.9 Å². The summed E-state index contributed by atoms with van der Waals surface area (Å²) in [4.78, 5) is 31.3. The van der Waals surface area contributed by atoms with E-state index in [9.17, 15) is 9.59 Å². The number of aryl methyl sites for hydroxylation is 1. The van der Waals surface area contributed by atoms with Crippen LogP contribution in [0.3, 0.4) is 0 Å². The SMILES string of the molecule is Cc1cccc(N2CCN(C(=O)C3CC(=O)N(C4CCC4)C3)CC2)c1. The highest BCUT2D eigenvalue weighted by Crippen LogP contribution is 2.31. The molecule has 1 unspecified atom stereocenters. The molecule has 2 aliphatic heterocycles. The second-order valence-corrected chi connectivity index (χ2v) is 7.68. The maximum absolute atomic E-state index is 12.8. The molecule has 0 radical (unpaired) electrons. The number of anilines is 1. The van der Waals surface area contributed by atoms with E-state index in [0.29, 0.717) is 19.0 Å². The van der Waals surface area contributed by atoms with Crippen LogP contribution in [-0.2, 0) is 9.59 Å². The van der Waals surface area contributed by atoms with E-state index in [1.54, 1.807) is 0 Å². The molecular weight excluding hydrogens is 314 g/mol. The number of likely N-dealkylation sites (tertiary alicyclic amines) is 1. The summed E-state index contributed by atoms with van der Waals surface area (Å²) in [5.41, 5.74) is 2.50. The van der Waals surface area contributed by atoms with Crippen LogP contribution >= 0.6 is 0 Å². The Kier molecular flexibility index (Phi) is 4.40. The van der Waals surface area contributed by atoms with Gasteiger partial charge in [-0.15, -0.1) is 0 Å². The van der Waals surface area contributed by atoms with Gasteiger partial charge in [0.1, 0.15) is 0 Å². The second-order valence-electron chi connectivity index (χ2n) is 7.68. The van der Waals surface area contributed by atoms with Crippen molar-refractivity contribution in [2.75, 3.05) is 37.6 Å². The first-order valence-electron chi connectivity index (χ1n) is 9.51. The highest BCUT2D eigenvalue weighted by atomic mass is 16.2. The topological polar surface area (TPSA) is 43.9 Å². The summed E-state index contributed by atoms with van der Waals surface area (Å²) < 4.78 is 0. The predicted octanol–water partition coefficient (Wildman–Crippen LogP) is 2.04. The molecule has 1 aromatic rings. The van der Waals surface area contributed by atoms with E-state index < -0.39 is 0 Å². The average molecular weight is 341 g/mol. The first-order chi connectivity index (χ1) is 12.1. The molecule has 1 aromatic carbocycles. The van der Waals surface area contributed by atoms with E-state index in [-0.39, 0.29) is 17.7 Å². The Bertz CT molecular complexity index is 663. The van der Waals surface area contributed by atoms with Crippen LogP contribution in [0.25, 0.3) is 0 Å². The number of hydrogen-bond donors (Lipinski definition) is 0. The van der Waals surface area contributed by atoms with Gasteiger partial charge < -0.3 is 14.7 Å². The van der Waals surface area contributed by atoms with Gasteiger partial charge in [0.15, 0.2) is 0 Å². The molecule has 1 atom stereocenters. The summed E-state index contributed by atoms with van der Waals surface area (Å²) in [7, 11) is 0. The van der Waals surface area contributed by atoms with Gasteiger partial charge in [0.2, 0.25) is 11.8 Å². The van der Waals surface area contributed by atoms with Crippen molar-refractivity contribution in [1.29, 1.82) is 0 Å². The third-order valence-electron chi connectivity index (χ3n) is 5.98. The van der Waals surface area contributed by atoms with Crippen LogP contribution in [0.2, 0.25) is 0 Å². The van der Waals surface area contributed by atoms with E-state index in [4.69, 9.17) is 0 Å². The van der Waals surface area contributed by atoms with Crippen LogP contribution in [0.5, 0.6) is 0 Å². The summed E-state index contributed by atoms with van der Waals surface area (Å²) >= 11 is 0. The molecule has 1 aliphatic carbocycles. The largest absolute Gasteiger partial charge is 0.368 e. The maximum Gasteiger partial charge on any atom is 0.228 e. The summed E-state index contributed by atoms with van der Waals surface area (Å²) in [6, 6.07) is 8.93. The highest BCUT2D eigenvalue weighted by molar-refractivity contribution is 5.89.